The van der Waals surface area contributed by atoms with Crippen LogP contribution in [0.4, 0.5) is 10.1 Å². The summed E-state index contributed by atoms with van der Waals surface area (Å²) >= 11 is 5.90. The highest BCUT2D eigenvalue weighted by Gasteiger charge is 2.31. The van der Waals surface area contributed by atoms with Crippen molar-refractivity contribution < 1.29 is 17.5 Å². The van der Waals surface area contributed by atoms with Gasteiger partial charge in [0.25, 0.3) is 0 Å². The molecule has 0 amide bonds. The molecule has 1 heterocycles. The van der Waals surface area contributed by atoms with Crippen LogP contribution in [0.2, 0.25) is 5.02 Å². The monoisotopic (exact) mass is 369 g/mol. The maximum absolute atomic E-state index is 14.7. The van der Waals surface area contributed by atoms with Crippen LogP contribution < -0.4 is 4.31 Å². The quantitative estimate of drug-likeness (QED) is 0.822. The standard InChI is InChI=1S/C17H17ClFNO3S/c1-23-11-13-9-17(20-7-2-8-24(20,21)22)16(19)10-15(13)12-3-5-14(18)6-4-12/h3-6,9-10H,2,7-8,11H2,1H3. The summed E-state index contributed by atoms with van der Waals surface area (Å²) in [4.78, 5) is 0. The number of halogens is 2. The molecule has 0 saturated carbocycles. The van der Waals surface area contributed by atoms with Gasteiger partial charge in [0.2, 0.25) is 10.0 Å². The fourth-order valence-electron chi connectivity index (χ4n) is 2.88. The highest BCUT2D eigenvalue weighted by Crippen LogP contribution is 2.34. The molecule has 0 aliphatic carbocycles. The van der Waals surface area contributed by atoms with E-state index in [0.717, 1.165) is 15.4 Å². The molecule has 128 valence electrons. The molecule has 0 bridgehead atoms. The second-order valence-corrected chi connectivity index (χ2v) is 8.09. The zero-order chi connectivity index (χ0) is 17.3. The van der Waals surface area contributed by atoms with Gasteiger partial charge in [-0.1, -0.05) is 23.7 Å². The van der Waals surface area contributed by atoms with Crippen LogP contribution in [0.15, 0.2) is 36.4 Å². The maximum atomic E-state index is 14.7. The van der Waals surface area contributed by atoms with Crippen LogP contribution in [-0.2, 0) is 21.4 Å². The van der Waals surface area contributed by atoms with Gasteiger partial charge < -0.3 is 4.74 Å². The first-order valence-corrected chi connectivity index (χ1v) is 9.49. The first-order valence-electron chi connectivity index (χ1n) is 7.50. The number of sulfonamides is 1. The molecule has 3 rings (SSSR count). The number of rotatable bonds is 4. The van der Waals surface area contributed by atoms with Gasteiger partial charge in [-0.2, -0.15) is 0 Å². The first-order chi connectivity index (χ1) is 11.4. The molecule has 1 aliphatic heterocycles. The van der Waals surface area contributed by atoms with E-state index in [9.17, 15) is 12.8 Å². The van der Waals surface area contributed by atoms with Crippen LogP contribution in [0, 0.1) is 5.82 Å². The average Bonchev–Trinajstić information content (AvgIpc) is 2.89. The van der Waals surface area contributed by atoms with E-state index in [0.29, 0.717) is 23.6 Å². The Labute approximate surface area is 145 Å². The third-order valence-electron chi connectivity index (χ3n) is 4.00. The Morgan fingerprint density at radius 1 is 1.25 bits per heavy atom. The van der Waals surface area contributed by atoms with Crippen molar-refractivity contribution in [3.8, 4) is 11.1 Å². The third-order valence-corrected chi connectivity index (χ3v) is 6.10. The molecule has 2 aromatic rings. The fraction of sp³-hybridized carbons (Fsp3) is 0.294. The molecule has 4 nitrogen and oxygen atoms in total. The molecule has 2 aromatic carbocycles. The van der Waals surface area contributed by atoms with Gasteiger partial charge in [0.05, 0.1) is 18.0 Å². The molecule has 0 unspecified atom stereocenters. The molecule has 0 N–H and O–H groups in total. The largest absolute Gasteiger partial charge is 0.380 e. The summed E-state index contributed by atoms with van der Waals surface area (Å²) in [5, 5.41) is 0.590. The number of ether oxygens (including phenoxy) is 1. The Morgan fingerprint density at radius 2 is 1.96 bits per heavy atom. The van der Waals surface area contributed by atoms with Gasteiger partial charge in [0.1, 0.15) is 5.82 Å². The number of nitrogens with zero attached hydrogens (tertiary/aromatic N) is 1. The molecule has 1 saturated heterocycles. The van der Waals surface area contributed by atoms with Crippen LogP contribution >= 0.6 is 11.6 Å². The Kier molecular flexibility index (Phi) is 4.80. The Balaban J connectivity index is 2.12. The van der Waals surface area contributed by atoms with E-state index in [1.807, 2.05) is 0 Å². The fourth-order valence-corrected chi connectivity index (χ4v) is 4.57. The van der Waals surface area contributed by atoms with Crippen molar-refractivity contribution in [2.45, 2.75) is 13.0 Å². The Morgan fingerprint density at radius 3 is 2.54 bits per heavy atom. The summed E-state index contributed by atoms with van der Waals surface area (Å²) < 4.78 is 45.2. The minimum atomic E-state index is -3.44. The smallest absolute Gasteiger partial charge is 0.235 e. The van der Waals surface area contributed by atoms with Crippen molar-refractivity contribution in [3.63, 3.8) is 0 Å². The number of hydrogen-bond acceptors (Lipinski definition) is 3. The maximum Gasteiger partial charge on any atom is 0.235 e. The summed E-state index contributed by atoms with van der Waals surface area (Å²) in [7, 11) is -1.90. The Hall–Kier alpha value is -1.63. The molecule has 7 heteroatoms. The number of methoxy groups -OCH3 is 1. The third kappa shape index (κ3) is 3.27. The minimum Gasteiger partial charge on any atom is -0.380 e. The molecule has 1 aliphatic rings. The van der Waals surface area contributed by atoms with Crippen LogP contribution in [-0.4, -0.2) is 27.8 Å². The van der Waals surface area contributed by atoms with Crippen molar-refractivity contribution in [3.05, 3.63) is 52.8 Å². The van der Waals surface area contributed by atoms with E-state index >= 15 is 0 Å². The summed E-state index contributed by atoms with van der Waals surface area (Å²) in [6.07, 6.45) is 0.500. The predicted molar refractivity (Wildman–Crippen MR) is 93.3 cm³/mol. The SMILES string of the molecule is COCc1cc(N2CCCS2(=O)=O)c(F)cc1-c1ccc(Cl)cc1. The molecular weight excluding hydrogens is 353 g/mol. The summed E-state index contributed by atoms with van der Waals surface area (Å²) in [6, 6.07) is 9.96. The normalized spacial score (nSPS) is 16.5. The lowest BCUT2D eigenvalue weighted by atomic mass is 9.99. The van der Waals surface area contributed by atoms with Crippen molar-refractivity contribution in [1.82, 2.24) is 0 Å². The van der Waals surface area contributed by atoms with E-state index in [4.69, 9.17) is 16.3 Å². The molecular formula is C17H17ClFNO3S. The second kappa shape index (κ2) is 6.70. The van der Waals surface area contributed by atoms with Gasteiger partial charge in [-0.25, -0.2) is 12.8 Å². The molecule has 0 spiro atoms. The lowest BCUT2D eigenvalue weighted by Gasteiger charge is -2.20. The van der Waals surface area contributed by atoms with Crippen molar-refractivity contribution in [2.24, 2.45) is 0 Å². The first kappa shape index (κ1) is 17.2. The van der Waals surface area contributed by atoms with Crippen LogP contribution in [0.5, 0.6) is 0 Å². The zero-order valence-electron chi connectivity index (χ0n) is 13.1. The number of hydrogen-bond donors (Lipinski definition) is 0. The second-order valence-electron chi connectivity index (χ2n) is 5.64. The van der Waals surface area contributed by atoms with E-state index in [1.165, 1.54) is 6.07 Å². The number of benzene rings is 2. The van der Waals surface area contributed by atoms with Gasteiger partial charge in [-0.3, -0.25) is 4.31 Å². The van der Waals surface area contributed by atoms with Gasteiger partial charge in [-0.15, -0.1) is 0 Å². The van der Waals surface area contributed by atoms with Gasteiger partial charge in [0.15, 0.2) is 0 Å². The van der Waals surface area contributed by atoms with Crippen molar-refractivity contribution in [2.75, 3.05) is 23.7 Å². The minimum absolute atomic E-state index is 0.0466. The van der Waals surface area contributed by atoms with Crippen molar-refractivity contribution in [1.29, 1.82) is 0 Å². The van der Waals surface area contributed by atoms with Crippen LogP contribution in [0.3, 0.4) is 0 Å². The lowest BCUT2D eigenvalue weighted by Crippen LogP contribution is -2.26. The van der Waals surface area contributed by atoms with E-state index in [1.54, 1.807) is 37.4 Å². The Bertz CT molecular complexity index is 853. The molecule has 24 heavy (non-hydrogen) atoms. The summed E-state index contributed by atoms with van der Waals surface area (Å²) in [5.74, 6) is -0.518. The molecule has 0 atom stereocenters. The lowest BCUT2D eigenvalue weighted by molar-refractivity contribution is 0.185. The van der Waals surface area contributed by atoms with Gasteiger partial charge in [0, 0.05) is 18.7 Å². The molecule has 0 radical (unpaired) electrons. The summed E-state index contributed by atoms with van der Waals surface area (Å²) in [6.45, 7) is 0.547. The van der Waals surface area contributed by atoms with Crippen LogP contribution in [0.1, 0.15) is 12.0 Å². The van der Waals surface area contributed by atoms with E-state index < -0.39 is 15.8 Å². The molecule has 0 aromatic heterocycles. The van der Waals surface area contributed by atoms with E-state index in [2.05, 4.69) is 0 Å². The van der Waals surface area contributed by atoms with Gasteiger partial charge in [-0.05, 0) is 47.4 Å². The molecule has 1 fully saturated rings. The highest BCUT2D eigenvalue weighted by molar-refractivity contribution is 7.93. The van der Waals surface area contributed by atoms with Crippen LogP contribution in [0.25, 0.3) is 11.1 Å². The topological polar surface area (TPSA) is 46.6 Å². The predicted octanol–water partition coefficient (Wildman–Crippen LogP) is 3.83. The summed E-state index contributed by atoms with van der Waals surface area (Å²) in [5.41, 5.74) is 2.25. The van der Waals surface area contributed by atoms with Gasteiger partial charge >= 0.3 is 0 Å². The van der Waals surface area contributed by atoms with Crippen molar-refractivity contribution >= 4 is 27.3 Å². The highest BCUT2D eigenvalue weighted by atomic mass is 35.5. The zero-order valence-corrected chi connectivity index (χ0v) is 14.7. The van der Waals surface area contributed by atoms with E-state index in [-0.39, 0.29) is 18.0 Å². The number of anilines is 1. The average molecular weight is 370 g/mol.